The number of para-hydroxylation sites is 2. The highest BCUT2D eigenvalue weighted by atomic mass is 32.2. The van der Waals surface area contributed by atoms with Gasteiger partial charge < -0.3 is 0 Å². The molecule has 0 radical (unpaired) electrons. The number of hydrogen-bond donors (Lipinski definition) is 0. The first-order chi connectivity index (χ1) is 10.4. The van der Waals surface area contributed by atoms with E-state index >= 15 is 0 Å². The predicted molar refractivity (Wildman–Crippen MR) is 85.0 cm³/mol. The van der Waals surface area contributed by atoms with E-state index in [-0.39, 0.29) is 0 Å². The molecule has 0 unspecified atom stereocenters. The standard InChI is InChI=1S/C16H9N3S2/c1-2-5-11-10(4-1)19-14-12(20-11)6-3-7-13(14)21-16-15(19)17-8-9-18-16/h1-9H. The van der Waals surface area contributed by atoms with Crippen LogP contribution in [0.15, 0.2) is 74.6 Å². The van der Waals surface area contributed by atoms with Gasteiger partial charge >= 0.3 is 0 Å². The van der Waals surface area contributed by atoms with Gasteiger partial charge in [-0.15, -0.1) is 0 Å². The maximum absolute atomic E-state index is 4.58. The largest absolute Gasteiger partial charge is 0.289 e. The summed E-state index contributed by atoms with van der Waals surface area (Å²) in [4.78, 5) is 15.1. The van der Waals surface area contributed by atoms with E-state index in [1.165, 1.54) is 26.1 Å². The molecule has 3 heterocycles. The number of fused-ring (bicyclic) bond motifs is 4. The molecule has 2 aliphatic rings. The summed E-state index contributed by atoms with van der Waals surface area (Å²) >= 11 is 3.52. The molecule has 3 aromatic rings. The van der Waals surface area contributed by atoms with E-state index in [0.29, 0.717) is 0 Å². The number of hydrogen-bond acceptors (Lipinski definition) is 5. The molecule has 0 spiro atoms. The normalized spacial score (nSPS) is 14.2. The molecule has 21 heavy (non-hydrogen) atoms. The maximum atomic E-state index is 4.58. The molecule has 5 heteroatoms. The third kappa shape index (κ3) is 1.58. The van der Waals surface area contributed by atoms with Gasteiger partial charge in [0.1, 0.15) is 5.03 Å². The predicted octanol–water partition coefficient (Wildman–Crippen LogP) is 4.88. The number of benzene rings is 2. The molecular formula is C16H9N3S2. The van der Waals surface area contributed by atoms with Crippen LogP contribution in [-0.4, -0.2) is 9.97 Å². The van der Waals surface area contributed by atoms with Gasteiger partial charge in [-0.25, -0.2) is 9.97 Å². The van der Waals surface area contributed by atoms with E-state index in [1.54, 1.807) is 24.2 Å². The van der Waals surface area contributed by atoms with Crippen LogP contribution in [0.4, 0.5) is 17.2 Å². The molecule has 0 aliphatic carbocycles. The van der Waals surface area contributed by atoms with E-state index in [2.05, 4.69) is 57.3 Å². The van der Waals surface area contributed by atoms with Gasteiger partial charge in [-0.2, -0.15) is 0 Å². The Labute approximate surface area is 130 Å². The Morgan fingerprint density at radius 3 is 2.48 bits per heavy atom. The second-order valence-corrected chi connectivity index (χ2v) is 6.91. The molecule has 0 atom stereocenters. The fourth-order valence-corrected chi connectivity index (χ4v) is 4.88. The summed E-state index contributed by atoms with van der Waals surface area (Å²) in [5, 5.41) is 0.962. The molecule has 2 aromatic carbocycles. The lowest BCUT2D eigenvalue weighted by Gasteiger charge is -2.36. The summed E-state index contributed by atoms with van der Waals surface area (Å²) in [5.41, 5.74) is 2.42. The highest BCUT2D eigenvalue weighted by Crippen LogP contribution is 2.58. The Kier molecular flexibility index (Phi) is 2.36. The lowest BCUT2D eigenvalue weighted by Crippen LogP contribution is -2.20. The van der Waals surface area contributed by atoms with Crippen molar-refractivity contribution in [1.82, 2.24) is 9.97 Å². The van der Waals surface area contributed by atoms with Crippen LogP contribution in [0, 0.1) is 0 Å². The van der Waals surface area contributed by atoms with Crippen molar-refractivity contribution < 1.29 is 0 Å². The molecule has 0 bridgehead atoms. The van der Waals surface area contributed by atoms with Gasteiger partial charge in [-0.05, 0) is 24.3 Å². The summed E-state index contributed by atoms with van der Waals surface area (Å²) in [6.07, 6.45) is 3.52. The third-order valence-corrected chi connectivity index (χ3v) is 5.72. The third-order valence-electron chi connectivity index (χ3n) is 3.58. The molecule has 0 fully saturated rings. The average Bonchev–Trinajstić information content (AvgIpc) is 2.54. The zero-order chi connectivity index (χ0) is 13.8. The monoisotopic (exact) mass is 307 g/mol. The molecule has 0 saturated heterocycles. The first-order valence-corrected chi connectivity index (χ1v) is 8.24. The van der Waals surface area contributed by atoms with Crippen LogP contribution in [0.2, 0.25) is 0 Å². The van der Waals surface area contributed by atoms with Crippen LogP contribution >= 0.6 is 23.5 Å². The zero-order valence-corrected chi connectivity index (χ0v) is 12.5. The van der Waals surface area contributed by atoms with Crippen LogP contribution in [0.25, 0.3) is 0 Å². The van der Waals surface area contributed by atoms with Crippen molar-refractivity contribution in [2.24, 2.45) is 0 Å². The number of aromatic nitrogens is 2. The Balaban J connectivity index is 1.88. The highest BCUT2D eigenvalue weighted by molar-refractivity contribution is 8.00. The van der Waals surface area contributed by atoms with Crippen molar-refractivity contribution in [3.8, 4) is 0 Å². The fraction of sp³-hybridized carbons (Fsp3) is 0. The number of rotatable bonds is 0. The van der Waals surface area contributed by atoms with Gasteiger partial charge in [0.25, 0.3) is 0 Å². The van der Waals surface area contributed by atoms with E-state index < -0.39 is 0 Å². The van der Waals surface area contributed by atoms with Crippen molar-refractivity contribution >= 4 is 40.7 Å². The Bertz CT molecular complexity index is 811. The topological polar surface area (TPSA) is 29.0 Å². The van der Waals surface area contributed by atoms with Gasteiger partial charge in [-0.3, -0.25) is 4.90 Å². The van der Waals surface area contributed by atoms with Crippen molar-refractivity contribution in [3.05, 3.63) is 54.9 Å². The van der Waals surface area contributed by atoms with Crippen molar-refractivity contribution in [2.75, 3.05) is 4.90 Å². The minimum atomic E-state index is 0.926. The minimum absolute atomic E-state index is 0.926. The molecule has 3 nitrogen and oxygen atoms in total. The van der Waals surface area contributed by atoms with E-state index in [0.717, 1.165) is 10.8 Å². The van der Waals surface area contributed by atoms with Crippen molar-refractivity contribution in [2.45, 2.75) is 19.7 Å². The Morgan fingerprint density at radius 1 is 0.762 bits per heavy atom. The van der Waals surface area contributed by atoms with E-state index in [9.17, 15) is 0 Å². The van der Waals surface area contributed by atoms with Crippen LogP contribution < -0.4 is 4.90 Å². The van der Waals surface area contributed by atoms with Crippen LogP contribution in [0.5, 0.6) is 0 Å². The molecular weight excluding hydrogens is 298 g/mol. The molecule has 0 N–H and O–H groups in total. The highest BCUT2D eigenvalue weighted by Gasteiger charge is 2.33. The van der Waals surface area contributed by atoms with Crippen molar-refractivity contribution in [3.63, 3.8) is 0 Å². The second kappa shape index (κ2) is 4.26. The van der Waals surface area contributed by atoms with Gasteiger partial charge in [0.2, 0.25) is 0 Å². The summed E-state index contributed by atoms with van der Waals surface area (Å²) in [7, 11) is 0. The fourth-order valence-electron chi connectivity index (χ4n) is 2.72. The molecule has 100 valence electrons. The average molecular weight is 307 g/mol. The van der Waals surface area contributed by atoms with Gasteiger partial charge in [0, 0.05) is 27.1 Å². The van der Waals surface area contributed by atoms with Crippen LogP contribution in [-0.2, 0) is 0 Å². The van der Waals surface area contributed by atoms with Crippen molar-refractivity contribution in [1.29, 1.82) is 0 Å². The second-order valence-electron chi connectivity index (χ2n) is 4.80. The van der Waals surface area contributed by atoms with E-state index in [1.807, 2.05) is 11.8 Å². The lowest BCUT2D eigenvalue weighted by atomic mass is 10.2. The molecule has 1 aromatic heterocycles. The van der Waals surface area contributed by atoms with Crippen LogP contribution in [0.3, 0.4) is 0 Å². The summed E-state index contributed by atoms with van der Waals surface area (Å²) in [5.74, 6) is 0.926. The first-order valence-electron chi connectivity index (χ1n) is 6.61. The Morgan fingerprint density at radius 2 is 1.52 bits per heavy atom. The summed E-state index contributed by atoms with van der Waals surface area (Å²) in [6, 6.07) is 14.9. The first kappa shape index (κ1) is 11.7. The smallest absolute Gasteiger partial charge is 0.170 e. The van der Waals surface area contributed by atoms with Gasteiger partial charge in [0.15, 0.2) is 5.82 Å². The molecule has 0 amide bonds. The number of nitrogens with zero attached hydrogens (tertiary/aromatic N) is 3. The molecule has 2 aliphatic heterocycles. The molecule has 0 saturated carbocycles. The van der Waals surface area contributed by atoms with E-state index in [4.69, 9.17) is 0 Å². The quantitative estimate of drug-likeness (QED) is 0.407. The Hall–Kier alpha value is -1.98. The lowest BCUT2D eigenvalue weighted by molar-refractivity contribution is 0.970. The van der Waals surface area contributed by atoms with Crippen LogP contribution in [0.1, 0.15) is 0 Å². The molecule has 5 rings (SSSR count). The zero-order valence-electron chi connectivity index (χ0n) is 10.9. The van der Waals surface area contributed by atoms with Gasteiger partial charge in [-0.1, -0.05) is 41.7 Å². The maximum Gasteiger partial charge on any atom is 0.170 e. The SMILES string of the molecule is c1ccc2c(c1)Sc1cccc3c1N2c1nccnc1S3. The summed E-state index contributed by atoms with van der Waals surface area (Å²) < 4.78 is 0. The minimum Gasteiger partial charge on any atom is -0.289 e. The van der Waals surface area contributed by atoms with Gasteiger partial charge in [0.05, 0.1) is 11.4 Å². The summed E-state index contributed by atoms with van der Waals surface area (Å²) in [6.45, 7) is 0. The number of anilines is 3.